The summed E-state index contributed by atoms with van der Waals surface area (Å²) in [5.74, 6) is -0.734. The van der Waals surface area contributed by atoms with Crippen LogP contribution in [-0.2, 0) is 0 Å². The Morgan fingerprint density at radius 3 is 2.95 bits per heavy atom. The third-order valence-corrected chi connectivity index (χ3v) is 3.09. The first-order valence-corrected chi connectivity index (χ1v) is 5.92. The Kier molecular flexibility index (Phi) is 1.71. The van der Waals surface area contributed by atoms with Gasteiger partial charge in [-0.1, -0.05) is 0 Å². The van der Waals surface area contributed by atoms with Gasteiger partial charge in [0.15, 0.2) is 0 Å². The van der Waals surface area contributed by atoms with Crippen LogP contribution in [0.1, 0.15) is 4.11 Å². The largest absolute Gasteiger partial charge is 0.339 e. The van der Waals surface area contributed by atoms with Crippen LogP contribution in [-0.4, -0.2) is 19.9 Å². The molecule has 0 amide bonds. The molecule has 0 fully saturated rings. The van der Waals surface area contributed by atoms with E-state index in [0.717, 1.165) is 0 Å². The van der Waals surface area contributed by atoms with Gasteiger partial charge in [0.25, 0.3) is 0 Å². The van der Waals surface area contributed by atoms with Crippen LogP contribution < -0.4 is 0 Å². The van der Waals surface area contributed by atoms with Crippen molar-refractivity contribution in [3.05, 3.63) is 54.8 Å². The number of hydrogen-bond donors (Lipinski definition) is 1. The zero-order chi connectivity index (χ0) is 16.1. The molecule has 0 unspecified atom stereocenters. The summed E-state index contributed by atoms with van der Waals surface area (Å²) >= 11 is 0. The molecule has 4 aromatic rings. The molecule has 1 N–H and O–H groups in total. The maximum Gasteiger partial charge on any atom is 0.213 e. The lowest BCUT2D eigenvalue weighted by Gasteiger charge is -2.00. The summed E-state index contributed by atoms with van der Waals surface area (Å²) in [4.78, 5) is 14.7. The molecule has 4 nitrogen and oxygen atoms in total. The number of fused-ring (bicyclic) bond motifs is 3. The molecule has 0 aliphatic rings. The van der Waals surface area contributed by atoms with E-state index >= 15 is 0 Å². The zero-order valence-corrected chi connectivity index (χ0v) is 10.1. The lowest BCUT2D eigenvalue weighted by atomic mass is 10.1. The van der Waals surface area contributed by atoms with Crippen LogP contribution in [0.15, 0.2) is 48.9 Å². The van der Waals surface area contributed by atoms with Gasteiger partial charge in [-0.3, -0.25) is 4.98 Å². The number of pyridine rings is 3. The van der Waals surface area contributed by atoms with Crippen LogP contribution in [0.4, 0.5) is 4.39 Å². The van der Waals surface area contributed by atoms with E-state index in [2.05, 4.69) is 19.9 Å². The third-order valence-electron chi connectivity index (χ3n) is 3.09. The second-order valence-corrected chi connectivity index (χ2v) is 4.31. The summed E-state index contributed by atoms with van der Waals surface area (Å²) in [6, 6.07) is 7.63. The smallest absolute Gasteiger partial charge is 0.213 e. The van der Waals surface area contributed by atoms with Crippen molar-refractivity contribution in [1.29, 1.82) is 0 Å². The highest BCUT2D eigenvalue weighted by Gasteiger charge is 2.07. The number of halogens is 1. The van der Waals surface area contributed by atoms with Crippen molar-refractivity contribution in [2.75, 3.05) is 0 Å². The molecule has 0 aliphatic heterocycles. The van der Waals surface area contributed by atoms with Crippen molar-refractivity contribution in [3.63, 3.8) is 0 Å². The Bertz CT molecular complexity index is 1060. The summed E-state index contributed by atoms with van der Waals surface area (Å²) in [6.07, 6.45) is -0.156. The van der Waals surface area contributed by atoms with Gasteiger partial charge in [0.2, 0.25) is 5.95 Å². The number of hydrogen-bond acceptors (Lipinski definition) is 3. The molecule has 0 spiro atoms. The summed E-state index contributed by atoms with van der Waals surface area (Å²) in [6.45, 7) is 0. The maximum atomic E-state index is 13.4. The molecule has 4 rings (SSSR count). The minimum Gasteiger partial charge on any atom is -0.339 e. The number of aromatic nitrogens is 4. The average molecular weight is 267 g/mol. The number of H-pyrrole nitrogens is 1. The molecule has 0 aromatic carbocycles. The Morgan fingerprint density at radius 1 is 1.10 bits per heavy atom. The number of nitrogens with one attached hydrogen (secondary N) is 1. The Morgan fingerprint density at radius 2 is 2.05 bits per heavy atom. The van der Waals surface area contributed by atoms with E-state index < -0.39 is 5.95 Å². The van der Waals surface area contributed by atoms with Gasteiger partial charge in [-0.15, -0.1) is 0 Å². The molecular formula is C15H9FN4. The predicted octanol–water partition coefficient (Wildman–Crippen LogP) is 3.31. The second-order valence-electron chi connectivity index (χ2n) is 4.31. The fourth-order valence-corrected chi connectivity index (χ4v) is 2.18. The van der Waals surface area contributed by atoms with Crippen LogP contribution in [0.2, 0.25) is 0 Å². The molecule has 4 heterocycles. The zero-order valence-electron chi connectivity index (χ0n) is 13.1. The minimum atomic E-state index is -0.734. The van der Waals surface area contributed by atoms with Crippen LogP contribution in [0, 0.1) is 5.95 Å². The third kappa shape index (κ3) is 1.64. The topological polar surface area (TPSA) is 54.5 Å². The highest BCUT2D eigenvalue weighted by Crippen LogP contribution is 2.26. The first-order chi connectivity index (χ1) is 11.0. The predicted molar refractivity (Wildman–Crippen MR) is 74.6 cm³/mol. The monoisotopic (exact) mass is 267 g/mol. The van der Waals surface area contributed by atoms with Crippen molar-refractivity contribution >= 4 is 21.9 Å². The molecule has 0 bridgehead atoms. The summed E-state index contributed by atoms with van der Waals surface area (Å²) < 4.78 is 36.3. The van der Waals surface area contributed by atoms with Crippen molar-refractivity contribution in [3.8, 4) is 11.3 Å². The summed E-state index contributed by atoms with van der Waals surface area (Å²) in [7, 11) is 0. The van der Waals surface area contributed by atoms with Crippen molar-refractivity contribution < 1.29 is 8.50 Å². The number of nitrogens with zero attached hydrogens (tertiary/aromatic N) is 3. The van der Waals surface area contributed by atoms with E-state index in [9.17, 15) is 4.39 Å². The number of rotatable bonds is 1. The molecule has 0 aliphatic carbocycles. The minimum absolute atomic E-state index is 0.00401. The SMILES string of the molecule is [2H]c1cc(-c2ccc3c(n2)[nH]c2cc([2H])nc([2H])c23)cc(F)n1. The van der Waals surface area contributed by atoms with E-state index in [0.29, 0.717) is 33.2 Å². The van der Waals surface area contributed by atoms with E-state index in [1.165, 1.54) is 18.2 Å². The van der Waals surface area contributed by atoms with E-state index in [4.69, 9.17) is 4.11 Å². The van der Waals surface area contributed by atoms with Crippen molar-refractivity contribution in [2.45, 2.75) is 0 Å². The molecule has 0 radical (unpaired) electrons. The Balaban J connectivity index is 1.98. The van der Waals surface area contributed by atoms with Gasteiger partial charge in [0.1, 0.15) is 5.65 Å². The highest BCUT2D eigenvalue weighted by atomic mass is 19.1. The fraction of sp³-hybridized carbons (Fsp3) is 0. The quantitative estimate of drug-likeness (QED) is 0.538. The first kappa shape index (κ1) is 8.37. The molecule has 20 heavy (non-hydrogen) atoms. The Labute approximate surface area is 117 Å². The van der Waals surface area contributed by atoms with Gasteiger partial charge < -0.3 is 4.98 Å². The van der Waals surface area contributed by atoms with Gasteiger partial charge in [-0.25, -0.2) is 9.97 Å². The molecule has 96 valence electrons. The van der Waals surface area contributed by atoms with Gasteiger partial charge in [0.05, 0.1) is 15.3 Å². The highest BCUT2D eigenvalue weighted by molar-refractivity contribution is 6.05. The van der Waals surface area contributed by atoms with E-state index in [1.807, 2.05) is 0 Å². The van der Waals surface area contributed by atoms with Gasteiger partial charge in [0, 0.05) is 40.9 Å². The van der Waals surface area contributed by atoms with E-state index in [1.54, 1.807) is 12.1 Å². The molecule has 0 saturated heterocycles. The molecule has 0 saturated carbocycles. The fourth-order valence-electron chi connectivity index (χ4n) is 2.18. The van der Waals surface area contributed by atoms with Crippen LogP contribution in [0.3, 0.4) is 0 Å². The van der Waals surface area contributed by atoms with Crippen LogP contribution in [0.5, 0.6) is 0 Å². The molecule has 5 heteroatoms. The average Bonchev–Trinajstić information content (AvgIpc) is 2.83. The van der Waals surface area contributed by atoms with E-state index in [-0.39, 0.29) is 18.5 Å². The summed E-state index contributed by atoms with van der Waals surface area (Å²) in [5, 5.41) is 1.30. The standard InChI is InChI=1S/C15H9FN4/c16-14-7-9(3-6-18-14)12-2-1-10-11-8-17-5-4-13(11)20-15(10)19-12/h1-8H,(H,19,20)/i5D,6D,8D. The number of aromatic amines is 1. The Hall–Kier alpha value is -2.82. The second kappa shape index (κ2) is 4.09. The van der Waals surface area contributed by atoms with Gasteiger partial charge in [-0.2, -0.15) is 4.39 Å². The lowest BCUT2D eigenvalue weighted by molar-refractivity contribution is 0.584. The van der Waals surface area contributed by atoms with Gasteiger partial charge >= 0.3 is 0 Å². The van der Waals surface area contributed by atoms with Crippen LogP contribution in [0.25, 0.3) is 33.2 Å². The molecule has 4 aromatic heterocycles. The molecular weight excluding hydrogens is 255 g/mol. The van der Waals surface area contributed by atoms with Crippen LogP contribution >= 0.6 is 0 Å². The van der Waals surface area contributed by atoms with Gasteiger partial charge in [-0.05, 0) is 24.3 Å². The van der Waals surface area contributed by atoms with Crippen molar-refractivity contribution in [1.82, 2.24) is 19.9 Å². The maximum absolute atomic E-state index is 13.4. The van der Waals surface area contributed by atoms with Crippen molar-refractivity contribution in [2.24, 2.45) is 0 Å². The lowest BCUT2D eigenvalue weighted by Crippen LogP contribution is -1.87. The molecule has 0 atom stereocenters. The first-order valence-electron chi connectivity index (χ1n) is 7.42. The summed E-state index contributed by atoms with van der Waals surface area (Å²) in [5.41, 5.74) is 2.07. The normalized spacial score (nSPS) is 13.3.